The topological polar surface area (TPSA) is 50.2 Å². The molecule has 0 amide bonds. The molecule has 0 spiro atoms. The molecule has 1 rings (SSSR count). The molecule has 0 saturated heterocycles. The maximum atomic E-state index is 10.8. The third-order valence-electron chi connectivity index (χ3n) is 3.22. The van der Waals surface area contributed by atoms with Crippen LogP contribution in [0.4, 0.5) is 0 Å². The van der Waals surface area contributed by atoms with E-state index in [-0.39, 0.29) is 5.69 Å². The van der Waals surface area contributed by atoms with Crippen molar-refractivity contribution in [1.82, 2.24) is 4.98 Å². The molecule has 1 N–H and O–H groups in total. The minimum atomic E-state index is -0.959. The molecule has 1 heterocycles. The Labute approximate surface area is 126 Å². The highest BCUT2D eigenvalue weighted by Crippen LogP contribution is 2.20. The molecular formula is C16H25NO2S. The van der Waals surface area contributed by atoms with Gasteiger partial charge in [-0.05, 0) is 24.3 Å². The Morgan fingerprint density at radius 3 is 2.45 bits per heavy atom. The highest BCUT2D eigenvalue weighted by Gasteiger charge is 2.04. The van der Waals surface area contributed by atoms with Crippen LogP contribution in [0.1, 0.15) is 68.8 Å². The van der Waals surface area contributed by atoms with Crippen molar-refractivity contribution in [2.75, 3.05) is 5.75 Å². The van der Waals surface area contributed by atoms with E-state index in [0.29, 0.717) is 0 Å². The monoisotopic (exact) mass is 295 g/mol. The Kier molecular flexibility index (Phi) is 9.13. The van der Waals surface area contributed by atoms with Crippen molar-refractivity contribution in [2.24, 2.45) is 0 Å². The molecule has 4 heteroatoms. The first-order chi connectivity index (χ1) is 9.74. The summed E-state index contributed by atoms with van der Waals surface area (Å²) in [7, 11) is 0. The van der Waals surface area contributed by atoms with Crippen molar-refractivity contribution < 1.29 is 9.90 Å². The molecule has 0 aliphatic carbocycles. The fourth-order valence-electron chi connectivity index (χ4n) is 2.04. The zero-order valence-corrected chi connectivity index (χ0v) is 13.1. The average Bonchev–Trinajstić information content (AvgIpc) is 2.46. The second-order valence-corrected chi connectivity index (χ2v) is 6.17. The number of nitrogens with zero attached hydrogens (tertiary/aromatic N) is 1. The van der Waals surface area contributed by atoms with E-state index in [1.807, 2.05) is 6.07 Å². The lowest BCUT2D eigenvalue weighted by Gasteiger charge is -2.03. The predicted octanol–water partition coefficient (Wildman–Crippen LogP) is 5.01. The van der Waals surface area contributed by atoms with E-state index in [1.54, 1.807) is 24.0 Å². The number of aromatic nitrogens is 1. The van der Waals surface area contributed by atoms with Gasteiger partial charge in [-0.15, -0.1) is 11.8 Å². The lowest BCUT2D eigenvalue weighted by atomic mass is 10.1. The van der Waals surface area contributed by atoms with Crippen LogP contribution in [-0.2, 0) is 0 Å². The van der Waals surface area contributed by atoms with Gasteiger partial charge >= 0.3 is 5.97 Å². The first-order valence-electron chi connectivity index (χ1n) is 7.56. The number of pyridine rings is 1. The Morgan fingerprint density at radius 2 is 1.80 bits per heavy atom. The van der Waals surface area contributed by atoms with Gasteiger partial charge in [0, 0.05) is 11.1 Å². The van der Waals surface area contributed by atoms with Crippen molar-refractivity contribution >= 4 is 17.7 Å². The van der Waals surface area contributed by atoms with Crippen molar-refractivity contribution in [1.29, 1.82) is 0 Å². The molecule has 0 saturated carbocycles. The van der Waals surface area contributed by atoms with E-state index < -0.39 is 5.97 Å². The minimum Gasteiger partial charge on any atom is -0.477 e. The molecule has 0 aliphatic heterocycles. The molecule has 0 fully saturated rings. The van der Waals surface area contributed by atoms with Gasteiger partial charge in [-0.2, -0.15) is 0 Å². The molecule has 0 bridgehead atoms. The summed E-state index contributed by atoms with van der Waals surface area (Å²) in [5.41, 5.74) is 0.130. The van der Waals surface area contributed by atoms with E-state index in [1.165, 1.54) is 51.4 Å². The van der Waals surface area contributed by atoms with E-state index in [2.05, 4.69) is 11.9 Å². The quantitative estimate of drug-likeness (QED) is 0.460. The zero-order chi connectivity index (χ0) is 14.6. The van der Waals surface area contributed by atoms with E-state index in [0.717, 1.165) is 10.6 Å². The lowest BCUT2D eigenvalue weighted by Crippen LogP contribution is -1.99. The third-order valence-corrected chi connectivity index (χ3v) is 4.30. The second-order valence-electron chi connectivity index (χ2n) is 5.01. The standard InChI is InChI=1S/C16H25NO2S/c1-2-3-4-5-6-7-8-9-12-20-14-10-11-17-15(13-14)16(18)19/h10-11,13H,2-9,12H2,1H3,(H,18,19). The first kappa shape index (κ1) is 17.0. The lowest BCUT2D eigenvalue weighted by molar-refractivity contribution is 0.0690. The Morgan fingerprint density at radius 1 is 1.15 bits per heavy atom. The average molecular weight is 295 g/mol. The molecule has 0 unspecified atom stereocenters. The molecular weight excluding hydrogens is 270 g/mol. The number of rotatable bonds is 11. The van der Waals surface area contributed by atoms with Crippen LogP contribution in [0.2, 0.25) is 0 Å². The summed E-state index contributed by atoms with van der Waals surface area (Å²) >= 11 is 1.72. The summed E-state index contributed by atoms with van der Waals surface area (Å²) < 4.78 is 0. The van der Waals surface area contributed by atoms with Gasteiger partial charge < -0.3 is 5.11 Å². The summed E-state index contributed by atoms with van der Waals surface area (Å²) in [4.78, 5) is 15.6. The molecule has 20 heavy (non-hydrogen) atoms. The van der Waals surface area contributed by atoms with E-state index in [9.17, 15) is 4.79 Å². The van der Waals surface area contributed by atoms with Crippen molar-refractivity contribution in [3.05, 3.63) is 24.0 Å². The van der Waals surface area contributed by atoms with Crippen LogP contribution in [0.5, 0.6) is 0 Å². The van der Waals surface area contributed by atoms with Gasteiger partial charge in [-0.1, -0.05) is 51.9 Å². The molecule has 0 radical (unpaired) electrons. The van der Waals surface area contributed by atoms with Crippen molar-refractivity contribution in [3.63, 3.8) is 0 Å². The van der Waals surface area contributed by atoms with Gasteiger partial charge in [0.1, 0.15) is 5.69 Å². The van der Waals surface area contributed by atoms with Gasteiger partial charge in [0.15, 0.2) is 0 Å². The second kappa shape index (κ2) is 10.7. The molecule has 3 nitrogen and oxygen atoms in total. The van der Waals surface area contributed by atoms with Gasteiger partial charge in [-0.3, -0.25) is 0 Å². The summed E-state index contributed by atoms with van der Waals surface area (Å²) in [6, 6.07) is 3.53. The number of carboxylic acid groups (broad SMARTS) is 1. The molecule has 0 aliphatic rings. The summed E-state index contributed by atoms with van der Waals surface area (Å²) in [6.45, 7) is 2.24. The highest BCUT2D eigenvalue weighted by atomic mass is 32.2. The fraction of sp³-hybridized carbons (Fsp3) is 0.625. The van der Waals surface area contributed by atoms with Gasteiger partial charge in [0.2, 0.25) is 0 Å². The van der Waals surface area contributed by atoms with Crippen molar-refractivity contribution in [2.45, 2.75) is 63.2 Å². The zero-order valence-electron chi connectivity index (χ0n) is 12.3. The minimum absolute atomic E-state index is 0.130. The summed E-state index contributed by atoms with van der Waals surface area (Å²) in [6.07, 6.45) is 12.1. The summed E-state index contributed by atoms with van der Waals surface area (Å²) in [5.74, 6) is 0.0948. The van der Waals surface area contributed by atoms with E-state index >= 15 is 0 Å². The largest absolute Gasteiger partial charge is 0.477 e. The van der Waals surface area contributed by atoms with Gasteiger partial charge in [0.25, 0.3) is 0 Å². The SMILES string of the molecule is CCCCCCCCCCSc1ccnc(C(=O)O)c1. The summed E-state index contributed by atoms with van der Waals surface area (Å²) in [5, 5.41) is 8.87. The number of carbonyl (C=O) groups is 1. The maximum Gasteiger partial charge on any atom is 0.354 e. The molecule has 1 aromatic heterocycles. The van der Waals surface area contributed by atoms with Crippen LogP contribution < -0.4 is 0 Å². The van der Waals surface area contributed by atoms with Crippen LogP contribution in [0.15, 0.2) is 23.2 Å². The number of aromatic carboxylic acids is 1. The predicted molar refractivity (Wildman–Crippen MR) is 84.5 cm³/mol. The van der Waals surface area contributed by atoms with E-state index in [4.69, 9.17) is 5.11 Å². The number of unbranched alkanes of at least 4 members (excludes halogenated alkanes) is 7. The Hall–Kier alpha value is -1.03. The molecule has 0 aromatic carbocycles. The Balaban J connectivity index is 2.06. The molecule has 1 aromatic rings. The number of hydrogen-bond acceptors (Lipinski definition) is 3. The molecule has 0 atom stereocenters. The number of thioether (sulfide) groups is 1. The van der Waals surface area contributed by atoms with Crippen LogP contribution in [0.25, 0.3) is 0 Å². The normalized spacial score (nSPS) is 10.7. The van der Waals surface area contributed by atoms with Gasteiger partial charge in [0.05, 0.1) is 0 Å². The van der Waals surface area contributed by atoms with Crippen LogP contribution in [0, 0.1) is 0 Å². The highest BCUT2D eigenvalue weighted by molar-refractivity contribution is 7.99. The van der Waals surface area contributed by atoms with Crippen LogP contribution in [-0.4, -0.2) is 21.8 Å². The first-order valence-corrected chi connectivity index (χ1v) is 8.54. The van der Waals surface area contributed by atoms with Crippen LogP contribution >= 0.6 is 11.8 Å². The van der Waals surface area contributed by atoms with Crippen LogP contribution in [0.3, 0.4) is 0 Å². The van der Waals surface area contributed by atoms with Crippen molar-refractivity contribution in [3.8, 4) is 0 Å². The van der Waals surface area contributed by atoms with Gasteiger partial charge in [-0.25, -0.2) is 9.78 Å². The molecule has 112 valence electrons. The maximum absolute atomic E-state index is 10.8. The smallest absolute Gasteiger partial charge is 0.354 e. The Bertz CT molecular complexity index is 396. The number of hydrogen-bond donors (Lipinski definition) is 1. The third kappa shape index (κ3) is 7.53. The number of carboxylic acids is 1. The fourth-order valence-corrected chi connectivity index (χ4v) is 2.98.